The van der Waals surface area contributed by atoms with Gasteiger partial charge in [-0.3, -0.25) is 9.59 Å². The van der Waals surface area contributed by atoms with Crippen LogP contribution in [0.3, 0.4) is 0 Å². The van der Waals surface area contributed by atoms with Crippen LogP contribution in [-0.4, -0.2) is 43.5 Å². The van der Waals surface area contributed by atoms with Gasteiger partial charge in [-0.2, -0.15) is 0 Å². The SMILES string of the molecule is CCCCNC(=O)[C@@H](CC)N(Cc1cccc(C)c1)C(=O)CCc1ccc(OC)c(OC)c1. The highest BCUT2D eigenvalue weighted by Crippen LogP contribution is 2.28. The molecule has 2 aromatic rings. The maximum atomic E-state index is 13.4. The van der Waals surface area contributed by atoms with Gasteiger partial charge < -0.3 is 19.7 Å². The molecule has 0 radical (unpaired) electrons. The Labute approximate surface area is 198 Å². The fraction of sp³-hybridized carbons (Fsp3) is 0.481. The Morgan fingerprint density at radius 2 is 1.76 bits per heavy atom. The van der Waals surface area contributed by atoms with Gasteiger partial charge in [0.25, 0.3) is 0 Å². The fourth-order valence-electron chi connectivity index (χ4n) is 3.86. The number of aryl methyl sites for hydroxylation is 2. The van der Waals surface area contributed by atoms with E-state index in [4.69, 9.17) is 9.47 Å². The number of rotatable bonds is 13. The van der Waals surface area contributed by atoms with E-state index in [-0.39, 0.29) is 11.8 Å². The standard InChI is InChI=1S/C27H38N2O4/c1-6-8-16-28-27(31)23(7-2)29(19-22-11-9-10-20(3)17-22)26(30)15-13-21-12-14-24(32-4)25(18-21)33-5/h9-12,14,17-18,23H,6-8,13,15-16,19H2,1-5H3,(H,28,31)/t23-/m1/s1. The maximum absolute atomic E-state index is 13.4. The van der Waals surface area contributed by atoms with Gasteiger partial charge in [0.2, 0.25) is 11.8 Å². The Kier molecular flexibility index (Phi) is 10.7. The molecule has 0 aliphatic heterocycles. The second-order valence-corrected chi connectivity index (χ2v) is 8.27. The molecule has 1 atom stereocenters. The number of hydrogen-bond donors (Lipinski definition) is 1. The fourth-order valence-corrected chi connectivity index (χ4v) is 3.86. The van der Waals surface area contributed by atoms with E-state index in [0.717, 1.165) is 29.5 Å². The summed E-state index contributed by atoms with van der Waals surface area (Å²) in [6.45, 7) is 7.11. The molecule has 0 saturated heterocycles. The highest BCUT2D eigenvalue weighted by Gasteiger charge is 2.28. The summed E-state index contributed by atoms with van der Waals surface area (Å²) in [5.41, 5.74) is 3.14. The summed E-state index contributed by atoms with van der Waals surface area (Å²) in [5.74, 6) is 1.17. The van der Waals surface area contributed by atoms with Gasteiger partial charge in [0.05, 0.1) is 14.2 Å². The summed E-state index contributed by atoms with van der Waals surface area (Å²) in [4.78, 5) is 28.1. The average Bonchev–Trinajstić information content (AvgIpc) is 2.82. The Balaban J connectivity index is 2.20. The normalized spacial score (nSPS) is 11.5. The van der Waals surface area contributed by atoms with E-state index in [2.05, 4.69) is 18.3 Å². The van der Waals surface area contributed by atoms with Crippen molar-refractivity contribution in [3.63, 3.8) is 0 Å². The molecular weight excluding hydrogens is 416 g/mol. The lowest BCUT2D eigenvalue weighted by atomic mass is 10.0. The summed E-state index contributed by atoms with van der Waals surface area (Å²) >= 11 is 0. The Morgan fingerprint density at radius 1 is 1.00 bits per heavy atom. The first kappa shape index (κ1) is 26.2. The third kappa shape index (κ3) is 7.81. The second kappa shape index (κ2) is 13.5. The number of unbranched alkanes of at least 4 members (excludes halogenated alkanes) is 1. The summed E-state index contributed by atoms with van der Waals surface area (Å²) < 4.78 is 10.7. The van der Waals surface area contributed by atoms with Gasteiger partial charge in [-0.15, -0.1) is 0 Å². The number of carbonyl (C=O) groups is 2. The molecule has 180 valence electrons. The van der Waals surface area contributed by atoms with Crippen LogP contribution in [0.4, 0.5) is 0 Å². The van der Waals surface area contributed by atoms with Crippen LogP contribution in [0.25, 0.3) is 0 Å². The van der Waals surface area contributed by atoms with Crippen molar-refractivity contribution in [2.45, 2.75) is 65.5 Å². The molecule has 0 saturated carbocycles. The third-order valence-electron chi connectivity index (χ3n) is 5.73. The summed E-state index contributed by atoms with van der Waals surface area (Å²) in [6.07, 6.45) is 3.35. The van der Waals surface area contributed by atoms with Crippen LogP contribution in [0, 0.1) is 6.92 Å². The first-order valence-electron chi connectivity index (χ1n) is 11.8. The zero-order chi connectivity index (χ0) is 24.2. The van der Waals surface area contributed by atoms with Gasteiger partial charge in [-0.1, -0.05) is 56.2 Å². The molecule has 33 heavy (non-hydrogen) atoms. The van der Waals surface area contributed by atoms with E-state index in [1.165, 1.54) is 0 Å². The predicted molar refractivity (Wildman–Crippen MR) is 132 cm³/mol. The number of carbonyl (C=O) groups excluding carboxylic acids is 2. The predicted octanol–water partition coefficient (Wildman–Crippen LogP) is 4.67. The monoisotopic (exact) mass is 454 g/mol. The van der Waals surface area contributed by atoms with Gasteiger partial charge in [0.1, 0.15) is 6.04 Å². The highest BCUT2D eigenvalue weighted by molar-refractivity contribution is 5.87. The number of nitrogens with zero attached hydrogens (tertiary/aromatic N) is 1. The molecule has 2 rings (SSSR count). The lowest BCUT2D eigenvalue weighted by Gasteiger charge is -2.31. The number of hydrogen-bond acceptors (Lipinski definition) is 4. The number of nitrogens with one attached hydrogen (secondary N) is 1. The van der Waals surface area contributed by atoms with Crippen molar-refractivity contribution in [2.75, 3.05) is 20.8 Å². The maximum Gasteiger partial charge on any atom is 0.242 e. The number of ether oxygens (including phenoxy) is 2. The minimum atomic E-state index is -0.500. The molecule has 0 spiro atoms. The van der Waals surface area contributed by atoms with E-state index in [1.807, 2.05) is 50.2 Å². The van der Waals surface area contributed by atoms with E-state index >= 15 is 0 Å². The van der Waals surface area contributed by atoms with E-state index in [1.54, 1.807) is 19.1 Å². The molecule has 0 unspecified atom stereocenters. The average molecular weight is 455 g/mol. The molecule has 6 heteroatoms. The van der Waals surface area contributed by atoms with Crippen molar-refractivity contribution in [3.8, 4) is 11.5 Å². The molecular formula is C27H38N2O4. The van der Waals surface area contributed by atoms with Crippen molar-refractivity contribution in [1.82, 2.24) is 10.2 Å². The molecule has 2 amide bonds. The lowest BCUT2D eigenvalue weighted by Crippen LogP contribution is -2.49. The Morgan fingerprint density at radius 3 is 2.39 bits per heavy atom. The molecule has 0 fully saturated rings. The van der Waals surface area contributed by atoms with Crippen LogP contribution in [-0.2, 0) is 22.6 Å². The summed E-state index contributed by atoms with van der Waals surface area (Å²) in [5, 5.41) is 3.01. The molecule has 0 bridgehead atoms. The van der Waals surface area contributed by atoms with Crippen LogP contribution in [0.2, 0.25) is 0 Å². The summed E-state index contributed by atoms with van der Waals surface area (Å²) in [6, 6.07) is 13.3. The second-order valence-electron chi connectivity index (χ2n) is 8.27. The Bertz CT molecular complexity index is 913. The van der Waals surface area contributed by atoms with Gasteiger partial charge in [0.15, 0.2) is 11.5 Å². The van der Waals surface area contributed by atoms with Gasteiger partial charge in [0, 0.05) is 19.5 Å². The first-order chi connectivity index (χ1) is 15.9. The van der Waals surface area contributed by atoms with Crippen molar-refractivity contribution in [1.29, 1.82) is 0 Å². The molecule has 1 N–H and O–H groups in total. The topological polar surface area (TPSA) is 67.9 Å². The Hall–Kier alpha value is -3.02. The van der Waals surface area contributed by atoms with Gasteiger partial charge >= 0.3 is 0 Å². The summed E-state index contributed by atoms with van der Waals surface area (Å²) in [7, 11) is 3.19. The van der Waals surface area contributed by atoms with Crippen LogP contribution in [0.1, 0.15) is 56.2 Å². The number of benzene rings is 2. The third-order valence-corrected chi connectivity index (χ3v) is 5.73. The number of methoxy groups -OCH3 is 2. The smallest absolute Gasteiger partial charge is 0.242 e. The minimum Gasteiger partial charge on any atom is -0.493 e. The van der Waals surface area contributed by atoms with Crippen molar-refractivity contribution in [2.24, 2.45) is 0 Å². The minimum absolute atomic E-state index is 0.0382. The zero-order valence-corrected chi connectivity index (χ0v) is 20.6. The van der Waals surface area contributed by atoms with Crippen LogP contribution in [0.5, 0.6) is 11.5 Å². The molecule has 0 aliphatic rings. The zero-order valence-electron chi connectivity index (χ0n) is 20.6. The van der Waals surface area contributed by atoms with Crippen LogP contribution >= 0.6 is 0 Å². The highest BCUT2D eigenvalue weighted by atomic mass is 16.5. The molecule has 0 aromatic heterocycles. The van der Waals surface area contributed by atoms with E-state index in [0.29, 0.717) is 43.9 Å². The quantitative estimate of drug-likeness (QED) is 0.447. The molecule has 2 aromatic carbocycles. The lowest BCUT2D eigenvalue weighted by molar-refractivity contribution is -0.141. The molecule has 6 nitrogen and oxygen atoms in total. The number of amides is 2. The first-order valence-corrected chi connectivity index (χ1v) is 11.8. The van der Waals surface area contributed by atoms with E-state index < -0.39 is 6.04 Å². The molecule has 0 aliphatic carbocycles. The van der Waals surface area contributed by atoms with Crippen molar-refractivity contribution < 1.29 is 19.1 Å². The van der Waals surface area contributed by atoms with Gasteiger partial charge in [-0.05, 0) is 49.4 Å². The molecule has 0 heterocycles. The van der Waals surface area contributed by atoms with E-state index in [9.17, 15) is 9.59 Å². The van der Waals surface area contributed by atoms with Crippen molar-refractivity contribution >= 4 is 11.8 Å². The largest absolute Gasteiger partial charge is 0.493 e. The van der Waals surface area contributed by atoms with Gasteiger partial charge in [-0.25, -0.2) is 0 Å². The van der Waals surface area contributed by atoms with Crippen LogP contribution < -0.4 is 14.8 Å². The van der Waals surface area contributed by atoms with Crippen molar-refractivity contribution in [3.05, 3.63) is 59.2 Å². The van der Waals surface area contributed by atoms with Crippen LogP contribution in [0.15, 0.2) is 42.5 Å².